The van der Waals surface area contributed by atoms with Crippen LogP contribution in [0, 0.1) is 0 Å². The fraction of sp³-hybridized carbons (Fsp3) is 0.700. The fourth-order valence-corrected chi connectivity index (χ4v) is 1.68. The molecule has 0 spiro atoms. The van der Waals surface area contributed by atoms with Gasteiger partial charge in [-0.15, -0.1) is 6.58 Å². The second-order valence-corrected chi connectivity index (χ2v) is 4.28. The SMILES string of the molecule is C=CCN(CCSC(F)(F)F)CC(=O)OCC. The maximum atomic E-state index is 11.9. The zero-order chi connectivity index (χ0) is 13.3. The Balaban J connectivity index is 3.97. The lowest BCUT2D eigenvalue weighted by Gasteiger charge is -2.19. The normalized spacial score (nSPS) is 11.6. The lowest BCUT2D eigenvalue weighted by Crippen LogP contribution is -2.33. The number of rotatable bonds is 8. The van der Waals surface area contributed by atoms with Gasteiger partial charge >= 0.3 is 11.5 Å². The second-order valence-electron chi connectivity index (χ2n) is 3.12. The molecule has 0 aromatic heterocycles. The van der Waals surface area contributed by atoms with Crippen LogP contribution in [-0.2, 0) is 9.53 Å². The van der Waals surface area contributed by atoms with Gasteiger partial charge in [-0.2, -0.15) is 13.2 Å². The van der Waals surface area contributed by atoms with Crippen LogP contribution in [-0.4, -0.2) is 48.4 Å². The second kappa shape index (κ2) is 8.41. The summed E-state index contributed by atoms with van der Waals surface area (Å²) in [6, 6.07) is 0. The van der Waals surface area contributed by atoms with Gasteiger partial charge in [-0.05, 0) is 18.7 Å². The smallest absolute Gasteiger partial charge is 0.441 e. The van der Waals surface area contributed by atoms with E-state index >= 15 is 0 Å². The molecule has 7 heteroatoms. The van der Waals surface area contributed by atoms with Crippen molar-refractivity contribution in [3.63, 3.8) is 0 Å². The van der Waals surface area contributed by atoms with E-state index in [1.54, 1.807) is 11.8 Å². The molecule has 0 fully saturated rings. The molecule has 0 aromatic carbocycles. The molecule has 0 rings (SSSR count). The largest absolute Gasteiger partial charge is 0.465 e. The van der Waals surface area contributed by atoms with Gasteiger partial charge in [-0.25, -0.2) is 0 Å². The van der Waals surface area contributed by atoms with Crippen molar-refractivity contribution in [3.8, 4) is 0 Å². The van der Waals surface area contributed by atoms with E-state index in [1.807, 2.05) is 0 Å². The van der Waals surface area contributed by atoms with Crippen molar-refractivity contribution in [1.82, 2.24) is 4.90 Å². The summed E-state index contributed by atoms with van der Waals surface area (Å²) in [5.74, 6) is -0.553. The highest BCUT2D eigenvalue weighted by Gasteiger charge is 2.27. The minimum atomic E-state index is -4.23. The van der Waals surface area contributed by atoms with E-state index in [9.17, 15) is 18.0 Å². The van der Waals surface area contributed by atoms with Gasteiger partial charge < -0.3 is 4.74 Å². The van der Waals surface area contributed by atoms with E-state index in [2.05, 4.69) is 6.58 Å². The number of halogens is 3. The maximum absolute atomic E-state index is 11.9. The molecule has 0 aliphatic heterocycles. The average molecular weight is 271 g/mol. The van der Waals surface area contributed by atoms with Gasteiger partial charge in [0.15, 0.2) is 0 Å². The van der Waals surface area contributed by atoms with Gasteiger partial charge in [-0.1, -0.05) is 6.08 Å². The summed E-state index contributed by atoms with van der Waals surface area (Å²) < 4.78 is 40.4. The number of hydrogen-bond donors (Lipinski definition) is 0. The van der Waals surface area contributed by atoms with Crippen LogP contribution in [0.2, 0.25) is 0 Å². The molecule has 0 aliphatic carbocycles. The highest BCUT2D eigenvalue weighted by Crippen LogP contribution is 2.29. The van der Waals surface area contributed by atoms with Crippen molar-refractivity contribution in [1.29, 1.82) is 0 Å². The summed E-state index contributed by atoms with van der Waals surface area (Å²) in [4.78, 5) is 12.7. The zero-order valence-corrected chi connectivity index (χ0v) is 10.4. The van der Waals surface area contributed by atoms with E-state index in [-0.39, 0.29) is 37.2 Å². The summed E-state index contributed by atoms with van der Waals surface area (Å²) in [6.45, 7) is 5.93. The number of carbonyl (C=O) groups excluding carboxylic acids is 1. The number of nitrogens with zero attached hydrogens (tertiary/aromatic N) is 1. The first-order chi connectivity index (χ1) is 7.89. The Labute approximate surface area is 103 Å². The number of thioether (sulfide) groups is 1. The monoisotopic (exact) mass is 271 g/mol. The molecule has 0 bridgehead atoms. The van der Waals surface area contributed by atoms with Gasteiger partial charge in [0.25, 0.3) is 0 Å². The molecule has 0 aromatic rings. The molecule has 17 heavy (non-hydrogen) atoms. The van der Waals surface area contributed by atoms with Crippen molar-refractivity contribution in [2.75, 3.05) is 32.0 Å². The molecule has 0 aliphatic rings. The van der Waals surface area contributed by atoms with Crippen LogP contribution >= 0.6 is 11.8 Å². The Morgan fingerprint density at radius 1 is 1.53 bits per heavy atom. The summed E-state index contributed by atoms with van der Waals surface area (Å²) >= 11 is -0.0999. The highest BCUT2D eigenvalue weighted by molar-refractivity contribution is 8.00. The lowest BCUT2D eigenvalue weighted by molar-refractivity contribution is -0.144. The predicted octanol–water partition coefficient (Wildman–Crippen LogP) is 2.29. The Morgan fingerprint density at radius 3 is 2.65 bits per heavy atom. The fourth-order valence-electron chi connectivity index (χ4n) is 1.10. The van der Waals surface area contributed by atoms with Crippen molar-refractivity contribution in [2.45, 2.75) is 12.4 Å². The topological polar surface area (TPSA) is 29.5 Å². The van der Waals surface area contributed by atoms with Crippen molar-refractivity contribution in [2.24, 2.45) is 0 Å². The molecule has 0 heterocycles. The predicted molar refractivity (Wildman–Crippen MR) is 61.8 cm³/mol. The summed E-state index contributed by atoms with van der Waals surface area (Å²) in [5, 5.41) is 0. The summed E-state index contributed by atoms with van der Waals surface area (Å²) in [7, 11) is 0. The number of esters is 1. The van der Waals surface area contributed by atoms with E-state index in [1.165, 1.54) is 6.08 Å². The molecule has 0 N–H and O–H groups in total. The van der Waals surface area contributed by atoms with Crippen molar-refractivity contribution in [3.05, 3.63) is 12.7 Å². The molecule has 0 saturated heterocycles. The van der Waals surface area contributed by atoms with Gasteiger partial charge in [0.05, 0.1) is 13.2 Å². The van der Waals surface area contributed by atoms with Crippen molar-refractivity contribution >= 4 is 17.7 Å². The Hall–Kier alpha value is -0.690. The van der Waals surface area contributed by atoms with Crippen molar-refractivity contribution < 1.29 is 22.7 Å². The third-order valence-electron chi connectivity index (χ3n) is 1.72. The van der Waals surface area contributed by atoms with Crippen LogP contribution in [0.5, 0.6) is 0 Å². The molecular weight excluding hydrogens is 255 g/mol. The van der Waals surface area contributed by atoms with E-state index in [4.69, 9.17) is 4.74 Å². The van der Waals surface area contributed by atoms with E-state index in [0.717, 1.165) is 0 Å². The maximum Gasteiger partial charge on any atom is 0.441 e. The van der Waals surface area contributed by atoms with Crippen LogP contribution < -0.4 is 0 Å². The van der Waals surface area contributed by atoms with E-state index < -0.39 is 11.5 Å². The van der Waals surface area contributed by atoms with Gasteiger partial charge in [0, 0.05) is 18.8 Å². The third kappa shape index (κ3) is 10.2. The molecule has 0 atom stereocenters. The Bertz CT molecular complexity index is 246. The van der Waals surface area contributed by atoms with Gasteiger partial charge in [-0.3, -0.25) is 9.69 Å². The number of ether oxygens (including phenoxy) is 1. The third-order valence-corrected chi connectivity index (χ3v) is 2.43. The average Bonchev–Trinajstić information content (AvgIpc) is 2.16. The lowest BCUT2D eigenvalue weighted by atomic mass is 10.4. The van der Waals surface area contributed by atoms with Crippen LogP contribution in [0.15, 0.2) is 12.7 Å². The summed E-state index contributed by atoms with van der Waals surface area (Å²) in [5.41, 5.74) is -4.23. The molecule has 0 amide bonds. The Morgan fingerprint density at radius 2 is 2.18 bits per heavy atom. The molecular formula is C10H16F3NO2S. The minimum Gasteiger partial charge on any atom is -0.465 e. The van der Waals surface area contributed by atoms with Crippen LogP contribution in [0.4, 0.5) is 13.2 Å². The molecule has 3 nitrogen and oxygen atoms in total. The van der Waals surface area contributed by atoms with Gasteiger partial charge in [0.2, 0.25) is 0 Å². The van der Waals surface area contributed by atoms with Crippen LogP contribution in [0.1, 0.15) is 6.92 Å². The Kier molecular flexibility index (Phi) is 8.07. The molecule has 0 radical (unpaired) electrons. The quantitative estimate of drug-likeness (QED) is 0.500. The first-order valence-corrected chi connectivity index (χ1v) is 6.07. The first-order valence-electron chi connectivity index (χ1n) is 5.08. The minimum absolute atomic E-state index is 0.0156. The van der Waals surface area contributed by atoms with Gasteiger partial charge in [0.1, 0.15) is 0 Å². The molecule has 0 saturated carbocycles. The summed E-state index contributed by atoms with van der Waals surface area (Å²) in [6.07, 6.45) is 1.54. The number of hydrogen-bond acceptors (Lipinski definition) is 4. The standard InChI is InChI=1S/C10H16F3NO2S/c1-3-5-14(8-9(15)16-4-2)6-7-17-10(11,12)13/h3H,1,4-8H2,2H3. The zero-order valence-electron chi connectivity index (χ0n) is 9.63. The number of carbonyl (C=O) groups is 1. The number of alkyl halides is 3. The first kappa shape index (κ1) is 16.3. The highest BCUT2D eigenvalue weighted by atomic mass is 32.2. The molecule has 0 unspecified atom stereocenters. The van der Waals surface area contributed by atoms with Crippen LogP contribution in [0.3, 0.4) is 0 Å². The molecule has 100 valence electrons. The van der Waals surface area contributed by atoms with E-state index in [0.29, 0.717) is 6.54 Å². The van der Waals surface area contributed by atoms with Crippen LogP contribution in [0.25, 0.3) is 0 Å².